The Balaban J connectivity index is 2.48. The van der Waals surface area contributed by atoms with E-state index >= 15 is 0 Å². The standard InChI is InChI=1S/C16H25N3O3/c1-6-11-7-8-12-16(9-11,18-10(2)20)13(21)19(14(22)17-12)15(3,4)5/h6,11-12H,1,7-9H2,2-5H3,(H,17,22)(H,18,20)/t11-,12?,16-/m1/s1. The normalized spacial score (nSPS) is 32.1. The van der Waals surface area contributed by atoms with Crippen LogP contribution in [-0.2, 0) is 9.59 Å². The van der Waals surface area contributed by atoms with E-state index in [1.807, 2.05) is 6.08 Å². The zero-order chi connectivity index (χ0) is 16.7. The molecule has 2 N–H and O–H groups in total. The maximum absolute atomic E-state index is 13.2. The molecule has 2 rings (SSSR count). The highest BCUT2D eigenvalue weighted by Gasteiger charge is 2.58. The molecule has 0 aromatic heterocycles. The SMILES string of the molecule is C=C[C@@H]1CCC2NC(=O)N(C(C)(C)C)C(=O)[C@@]2(NC(C)=O)C1. The molecule has 0 radical (unpaired) electrons. The summed E-state index contributed by atoms with van der Waals surface area (Å²) in [6.45, 7) is 10.6. The van der Waals surface area contributed by atoms with Crippen molar-refractivity contribution in [1.82, 2.24) is 15.5 Å². The number of hydrogen-bond donors (Lipinski definition) is 2. The van der Waals surface area contributed by atoms with Crippen LogP contribution in [0.4, 0.5) is 4.79 Å². The molecule has 1 aliphatic carbocycles. The van der Waals surface area contributed by atoms with E-state index in [0.717, 1.165) is 6.42 Å². The van der Waals surface area contributed by atoms with E-state index in [9.17, 15) is 14.4 Å². The molecule has 1 saturated carbocycles. The first-order chi connectivity index (χ1) is 10.1. The largest absolute Gasteiger partial charge is 0.340 e. The summed E-state index contributed by atoms with van der Waals surface area (Å²) in [5.74, 6) is -0.451. The molecule has 3 atom stereocenters. The molecule has 6 nitrogen and oxygen atoms in total. The van der Waals surface area contributed by atoms with Crippen LogP contribution in [0.25, 0.3) is 0 Å². The molecule has 1 saturated heterocycles. The van der Waals surface area contributed by atoms with Crippen molar-refractivity contribution in [3.05, 3.63) is 12.7 Å². The summed E-state index contributed by atoms with van der Waals surface area (Å²) in [4.78, 5) is 38.4. The number of rotatable bonds is 2. The summed E-state index contributed by atoms with van der Waals surface area (Å²) >= 11 is 0. The molecule has 0 bridgehead atoms. The van der Waals surface area contributed by atoms with Gasteiger partial charge in [-0.25, -0.2) is 4.79 Å². The predicted octanol–water partition coefficient (Wildman–Crippen LogP) is 1.57. The molecule has 2 fully saturated rings. The third-order valence-electron chi connectivity index (χ3n) is 4.49. The Bertz CT molecular complexity index is 523. The summed E-state index contributed by atoms with van der Waals surface area (Å²) in [5.41, 5.74) is -1.73. The number of imide groups is 1. The van der Waals surface area contributed by atoms with Crippen LogP contribution in [0, 0.1) is 5.92 Å². The van der Waals surface area contributed by atoms with Gasteiger partial charge in [-0.3, -0.25) is 14.5 Å². The lowest BCUT2D eigenvalue weighted by Crippen LogP contribution is -2.79. The molecule has 0 aromatic rings. The van der Waals surface area contributed by atoms with Gasteiger partial charge in [-0.2, -0.15) is 0 Å². The summed E-state index contributed by atoms with van der Waals surface area (Å²) in [7, 11) is 0. The fourth-order valence-corrected chi connectivity index (χ4v) is 3.54. The quantitative estimate of drug-likeness (QED) is 0.760. The van der Waals surface area contributed by atoms with Gasteiger partial charge in [0.05, 0.1) is 6.04 Å². The average Bonchev–Trinajstić information content (AvgIpc) is 2.37. The van der Waals surface area contributed by atoms with Gasteiger partial charge < -0.3 is 10.6 Å². The van der Waals surface area contributed by atoms with Gasteiger partial charge in [-0.1, -0.05) is 6.08 Å². The molecule has 2 aliphatic rings. The fourth-order valence-electron chi connectivity index (χ4n) is 3.54. The number of hydrogen-bond acceptors (Lipinski definition) is 3. The number of carbonyl (C=O) groups is 3. The predicted molar refractivity (Wildman–Crippen MR) is 83.0 cm³/mol. The molecule has 4 amide bonds. The third kappa shape index (κ3) is 2.62. The maximum atomic E-state index is 13.2. The second-order valence-electron chi connectivity index (χ2n) is 7.24. The zero-order valence-electron chi connectivity index (χ0n) is 13.7. The number of urea groups is 1. The van der Waals surface area contributed by atoms with Crippen molar-refractivity contribution in [3.8, 4) is 0 Å². The Kier molecular flexibility index (Phi) is 4.06. The topological polar surface area (TPSA) is 78.5 Å². The molecule has 6 heteroatoms. The molecule has 1 heterocycles. The summed E-state index contributed by atoms with van der Waals surface area (Å²) in [5, 5.41) is 5.75. The number of amides is 4. The molecular formula is C16H25N3O3. The molecule has 0 spiro atoms. The van der Waals surface area contributed by atoms with Crippen molar-refractivity contribution in [2.24, 2.45) is 5.92 Å². The van der Waals surface area contributed by atoms with Crippen molar-refractivity contribution in [2.45, 2.75) is 64.1 Å². The highest BCUT2D eigenvalue weighted by Crippen LogP contribution is 2.38. The van der Waals surface area contributed by atoms with E-state index in [0.29, 0.717) is 12.8 Å². The van der Waals surface area contributed by atoms with Gasteiger partial charge in [-0.05, 0) is 46.0 Å². The summed E-state index contributed by atoms with van der Waals surface area (Å²) in [6.07, 6.45) is 3.78. The van der Waals surface area contributed by atoms with Crippen LogP contribution in [-0.4, -0.2) is 39.9 Å². The highest BCUT2D eigenvalue weighted by atomic mass is 16.2. The Hall–Kier alpha value is -1.85. The molecule has 122 valence electrons. The van der Waals surface area contributed by atoms with Gasteiger partial charge >= 0.3 is 6.03 Å². The minimum atomic E-state index is -1.08. The third-order valence-corrected chi connectivity index (χ3v) is 4.49. The molecule has 1 aliphatic heterocycles. The monoisotopic (exact) mass is 307 g/mol. The minimum absolute atomic E-state index is 0.142. The first-order valence-corrected chi connectivity index (χ1v) is 7.68. The molecule has 22 heavy (non-hydrogen) atoms. The average molecular weight is 307 g/mol. The second kappa shape index (κ2) is 5.41. The van der Waals surface area contributed by atoms with Crippen LogP contribution in [0.1, 0.15) is 47.0 Å². The van der Waals surface area contributed by atoms with E-state index in [1.165, 1.54) is 11.8 Å². The smallest absolute Gasteiger partial charge is 0.324 e. The highest BCUT2D eigenvalue weighted by molar-refractivity contribution is 6.05. The van der Waals surface area contributed by atoms with Crippen LogP contribution in [0.3, 0.4) is 0 Å². The van der Waals surface area contributed by atoms with Gasteiger partial charge in [0.2, 0.25) is 5.91 Å². The van der Waals surface area contributed by atoms with Gasteiger partial charge in [-0.15, -0.1) is 6.58 Å². The number of nitrogens with zero attached hydrogens (tertiary/aromatic N) is 1. The van der Waals surface area contributed by atoms with Crippen LogP contribution < -0.4 is 10.6 Å². The van der Waals surface area contributed by atoms with Crippen molar-refractivity contribution in [3.63, 3.8) is 0 Å². The Morgan fingerprint density at radius 1 is 1.41 bits per heavy atom. The first kappa shape index (κ1) is 16.5. The van der Waals surface area contributed by atoms with Crippen molar-refractivity contribution in [2.75, 3.05) is 0 Å². The lowest BCUT2D eigenvalue weighted by atomic mass is 9.69. The first-order valence-electron chi connectivity index (χ1n) is 7.68. The molecule has 1 unspecified atom stereocenters. The van der Waals surface area contributed by atoms with E-state index in [2.05, 4.69) is 17.2 Å². The number of nitrogens with one attached hydrogen (secondary N) is 2. The fraction of sp³-hybridized carbons (Fsp3) is 0.688. The van der Waals surface area contributed by atoms with Gasteiger partial charge in [0, 0.05) is 12.5 Å². The Morgan fingerprint density at radius 3 is 2.55 bits per heavy atom. The van der Waals surface area contributed by atoms with Gasteiger partial charge in [0.15, 0.2) is 0 Å². The van der Waals surface area contributed by atoms with Crippen LogP contribution in [0.15, 0.2) is 12.7 Å². The van der Waals surface area contributed by atoms with E-state index in [4.69, 9.17) is 0 Å². The second-order valence-corrected chi connectivity index (χ2v) is 7.24. The maximum Gasteiger partial charge on any atom is 0.324 e. The Morgan fingerprint density at radius 2 is 2.05 bits per heavy atom. The lowest BCUT2D eigenvalue weighted by molar-refractivity contribution is -0.148. The van der Waals surface area contributed by atoms with Crippen molar-refractivity contribution >= 4 is 17.8 Å². The molecule has 0 aromatic carbocycles. The number of carbonyl (C=O) groups excluding carboxylic acids is 3. The number of fused-ring (bicyclic) bond motifs is 1. The summed E-state index contributed by atoms with van der Waals surface area (Å²) < 4.78 is 0. The van der Waals surface area contributed by atoms with Crippen LogP contribution >= 0.6 is 0 Å². The van der Waals surface area contributed by atoms with Gasteiger partial charge in [0.25, 0.3) is 5.91 Å². The lowest BCUT2D eigenvalue weighted by Gasteiger charge is -2.53. The molecular weight excluding hydrogens is 282 g/mol. The van der Waals surface area contributed by atoms with E-state index in [1.54, 1.807) is 20.8 Å². The van der Waals surface area contributed by atoms with Crippen molar-refractivity contribution < 1.29 is 14.4 Å². The zero-order valence-corrected chi connectivity index (χ0v) is 13.7. The van der Waals surface area contributed by atoms with Crippen molar-refractivity contribution in [1.29, 1.82) is 0 Å². The number of allylic oxidation sites excluding steroid dienone is 1. The van der Waals surface area contributed by atoms with Gasteiger partial charge in [0.1, 0.15) is 5.54 Å². The van der Waals surface area contributed by atoms with Crippen LogP contribution in [0.5, 0.6) is 0 Å². The summed E-state index contributed by atoms with van der Waals surface area (Å²) in [6, 6.07) is -0.758. The minimum Gasteiger partial charge on any atom is -0.340 e. The van der Waals surface area contributed by atoms with E-state index in [-0.39, 0.29) is 29.8 Å². The van der Waals surface area contributed by atoms with E-state index < -0.39 is 11.1 Å². The Labute approximate surface area is 131 Å². The van der Waals surface area contributed by atoms with Crippen LogP contribution in [0.2, 0.25) is 0 Å².